The summed E-state index contributed by atoms with van der Waals surface area (Å²) < 4.78 is 0. The van der Waals surface area contributed by atoms with Gasteiger partial charge in [-0.15, -0.1) is 0 Å². The summed E-state index contributed by atoms with van der Waals surface area (Å²) in [4.78, 5) is 25.2. The van der Waals surface area contributed by atoms with E-state index in [1.54, 1.807) is 17.0 Å². The van der Waals surface area contributed by atoms with Gasteiger partial charge in [0.25, 0.3) is 11.6 Å². The minimum absolute atomic E-state index is 0.133. The van der Waals surface area contributed by atoms with E-state index < -0.39 is 4.92 Å². The van der Waals surface area contributed by atoms with Gasteiger partial charge in [-0.3, -0.25) is 14.9 Å². The molecule has 0 atom stereocenters. The van der Waals surface area contributed by atoms with E-state index in [4.69, 9.17) is 0 Å². The van der Waals surface area contributed by atoms with Crippen molar-refractivity contribution in [3.8, 4) is 0 Å². The van der Waals surface area contributed by atoms with Gasteiger partial charge in [0.1, 0.15) is 5.56 Å². The van der Waals surface area contributed by atoms with Crippen molar-refractivity contribution in [2.45, 2.75) is 25.4 Å². The zero-order valence-electron chi connectivity index (χ0n) is 12.0. The minimum Gasteiger partial charge on any atom is -0.331 e. The predicted octanol–water partition coefficient (Wildman–Crippen LogP) is 3.40. The van der Waals surface area contributed by atoms with Gasteiger partial charge >= 0.3 is 0 Å². The molecule has 0 N–H and O–H groups in total. The summed E-state index contributed by atoms with van der Waals surface area (Å²) in [5.74, 6) is -0.265. The Morgan fingerprint density at radius 2 is 1.73 bits per heavy atom. The lowest BCUT2D eigenvalue weighted by molar-refractivity contribution is -0.385. The standard InChI is InChI=1S/C17H16N2O3/c20-17(15-8-4-5-9-16(15)19(21)22)18(14-10-11-14)12-13-6-2-1-3-7-13/h1-9,14H,10-12H2. The molecule has 0 aliphatic heterocycles. The smallest absolute Gasteiger partial charge is 0.282 e. The van der Waals surface area contributed by atoms with E-state index >= 15 is 0 Å². The van der Waals surface area contributed by atoms with Gasteiger partial charge in [0, 0.05) is 18.7 Å². The van der Waals surface area contributed by atoms with Crippen LogP contribution in [0.1, 0.15) is 28.8 Å². The molecule has 2 aromatic rings. The second kappa shape index (κ2) is 5.97. The first-order valence-corrected chi connectivity index (χ1v) is 7.25. The Morgan fingerprint density at radius 1 is 1.09 bits per heavy atom. The fourth-order valence-corrected chi connectivity index (χ4v) is 2.50. The zero-order chi connectivity index (χ0) is 15.5. The maximum Gasteiger partial charge on any atom is 0.282 e. The number of carbonyl (C=O) groups excluding carboxylic acids is 1. The molecule has 0 aromatic heterocycles. The average molecular weight is 296 g/mol. The van der Waals surface area contributed by atoms with Gasteiger partial charge in [-0.25, -0.2) is 0 Å². The van der Waals surface area contributed by atoms with Crippen LogP contribution in [0.3, 0.4) is 0 Å². The van der Waals surface area contributed by atoms with E-state index in [1.807, 2.05) is 30.3 Å². The Labute approximate surface area is 128 Å². The Morgan fingerprint density at radius 3 is 2.36 bits per heavy atom. The summed E-state index contributed by atoms with van der Waals surface area (Å²) in [5.41, 5.74) is 1.06. The molecule has 112 valence electrons. The molecule has 3 rings (SSSR count). The van der Waals surface area contributed by atoms with E-state index in [9.17, 15) is 14.9 Å². The molecule has 1 amide bonds. The maximum atomic E-state index is 12.8. The summed E-state index contributed by atoms with van der Waals surface area (Å²) in [5, 5.41) is 11.1. The van der Waals surface area contributed by atoms with Crippen LogP contribution >= 0.6 is 0 Å². The third-order valence-corrected chi connectivity index (χ3v) is 3.78. The highest BCUT2D eigenvalue weighted by atomic mass is 16.6. The number of rotatable bonds is 5. The third-order valence-electron chi connectivity index (χ3n) is 3.78. The third kappa shape index (κ3) is 2.98. The first-order valence-electron chi connectivity index (χ1n) is 7.25. The van der Waals surface area contributed by atoms with Crippen molar-refractivity contribution in [1.29, 1.82) is 0 Å². The molecule has 0 bridgehead atoms. The molecule has 1 aliphatic carbocycles. The van der Waals surface area contributed by atoms with Crippen molar-refractivity contribution in [2.75, 3.05) is 0 Å². The molecule has 5 heteroatoms. The molecular weight excluding hydrogens is 280 g/mol. The number of nitro groups is 1. The lowest BCUT2D eigenvalue weighted by Crippen LogP contribution is -2.33. The molecule has 0 unspecified atom stereocenters. The molecule has 2 aromatic carbocycles. The Kier molecular flexibility index (Phi) is 3.87. The molecular formula is C17H16N2O3. The van der Waals surface area contributed by atoms with Crippen LogP contribution in [0.15, 0.2) is 54.6 Å². The largest absolute Gasteiger partial charge is 0.331 e. The fourth-order valence-electron chi connectivity index (χ4n) is 2.50. The summed E-state index contributed by atoms with van der Waals surface area (Å²) in [6.45, 7) is 0.483. The molecule has 1 aliphatic rings. The van der Waals surface area contributed by atoms with E-state index in [-0.39, 0.29) is 23.2 Å². The highest BCUT2D eigenvalue weighted by molar-refractivity contribution is 5.98. The summed E-state index contributed by atoms with van der Waals surface area (Å²) >= 11 is 0. The van der Waals surface area contributed by atoms with Gasteiger partial charge < -0.3 is 4.90 Å². The first-order chi connectivity index (χ1) is 10.7. The summed E-state index contributed by atoms with van der Waals surface area (Å²) in [7, 11) is 0. The average Bonchev–Trinajstić information content (AvgIpc) is 3.38. The first kappa shape index (κ1) is 14.3. The van der Waals surface area contributed by atoms with Crippen molar-refractivity contribution < 1.29 is 9.72 Å². The molecule has 5 nitrogen and oxygen atoms in total. The Balaban J connectivity index is 1.89. The van der Waals surface area contributed by atoms with Crippen LogP contribution in [0.5, 0.6) is 0 Å². The van der Waals surface area contributed by atoms with Crippen LogP contribution in [0.4, 0.5) is 5.69 Å². The van der Waals surface area contributed by atoms with Crippen molar-refractivity contribution >= 4 is 11.6 Å². The van der Waals surface area contributed by atoms with Gasteiger partial charge in [-0.2, -0.15) is 0 Å². The molecule has 0 saturated heterocycles. The molecule has 0 spiro atoms. The van der Waals surface area contributed by atoms with Crippen molar-refractivity contribution in [1.82, 2.24) is 4.90 Å². The van der Waals surface area contributed by atoms with E-state index in [2.05, 4.69) is 0 Å². The van der Waals surface area contributed by atoms with Crippen LogP contribution in [0.2, 0.25) is 0 Å². The van der Waals surface area contributed by atoms with Crippen LogP contribution in [0.25, 0.3) is 0 Å². The van der Waals surface area contributed by atoms with Crippen molar-refractivity contribution in [2.24, 2.45) is 0 Å². The SMILES string of the molecule is O=C(c1ccccc1[N+](=O)[O-])N(Cc1ccccc1)C1CC1. The summed E-state index contributed by atoms with van der Waals surface area (Å²) in [6, 6.07) is 16.0. The monoisotopic (exact) mass is 296 g/mol. The normalized spacial score (nSPS) is 13.6. The minimum atomic E-state index is -0.499. The van der Waals surface area contributed by atoms with Crippen LogP contribution in [-0.2, 0) is 6.54 Å². The van der Waals surface area contributed by atoms with Gasteiger partial charge in [0.05, 0.1) is 4.92 Å². The van der Waals surface area contributed by atoms with Gasteiger partial charge in [-0.05, 0) is 24.5 Å². The lowest BCUT2D eigenvalue weighted by atomic mass is 10.1. The maximum absolute atomic E-state index is 12.8. The Bertz CT molecular complexity index is 696. The van der Waals surface area contributed by atoms with E-state index in [0.29, 0.717) is 6.54 Å². The van der Waals surface area contributed by atoms with Gasteiger partial charge in [-0.1, -0.05) is 42.5 Å². The molecule has 1 saturated carbocycles. The Hall–Kier alpha value is -2.69. The summed E-state index contributed by atoms with van der Waals surface area (Å²) in [6.07, 6.45) is 1.92. The number of nitro benzene ring substituents is 1. The fraction of sp³-hybridized carbons (Fsp3) is 0.235. The molecule has 1 fully saturated rings. The highest BCUT2D eigenvalue weighted by Crippen LogP contribution is 2.31. The van der Waals surface area contributed by atoms with Crippen LogP contribution < -0.4 is 0 Å². The van der Waals surface area contributed by atoms with E-state index in [0.717, 1.165) is 18.4 Å². The lowest BCUT2D eigenvalue weighted by Gasteiger charge is -2.22. The number of carbonyl (C=O) groups is 1. The predicted molar refractivity (Wildman–Crippen MR) is 82.4 cm³/mol. The highest BCUT2D eigenvalue weighted by Gasteiger charge is 2.35. The number of hydrogen-bond donors (Lipinski definition) is 0. The van der Waals surface area contributed by atoms with Gasteiger partial charge in [0.15, 0.2) is 0 Å². The topological polar surface area (TPSA) is 63.4 Å². The number of nitrogens with zero attached hydrogens (tertiary/aromatic N) is 2. The number of para-hydroxylation sites is 1. The number of hydrogen-bond acceptors (Lipinski definition) is 3. The van der Waals surface area contributed by atoms with Crippen molar-refractivity contribution in [3.63, 3.8) is 0 Å². The zero-order valence-corrected chi connectivity index (χ0v) is 12.0. The van der Waals surface area contributed by atoms with Crippen LogP contribution in [0, 0.1) is 10.1 Å². The van der Waals surface area contributed by atoms with E-state index in [1.165, 1.54) is 12.1 Å². The number of amides is 1. The number of benzene rings is 2. The van der Waals surface area contributed by atoms with Crippen molar-refractivity contribution in [3.05, 3.63) is 75.8 Å². The molecule has 0 heterocycles. The second-order valence-electron chi connectivity index (χ2n) is 5.42. The van der Waals surface area contributed by atoms with Gasteiger partial charge in [0.2, 0.25) is 0 Å². The molecule has 22 heavy (non-hydrogen) atoms. The second-order valence-corrected chi connectivity index (χ2v) is 5.42. The quantitative estimate of drug-likeness (QED) is 0.627. The molecule has 0 radical (unpaired) electrons. The van der Waals surface area contributed by atoms with Crippen LogP contribution in [-0.4, -0.2) is 21.8 Å².